The molecule has 12 heteroatoms. The number of nitrogens with one attached hydrogen (secondary N) is 3. The molecule has 0 bridgehead atoms. The van der Waals surface area contributed by atoms with Crippen molar-refractivity contribution >= 4 is 29.3 Å². The van der Waals surface area contributed by atoms with E-state index in [0.29, 0.717) is 60.8 Å². The fourth-order valence-electron chi connectivity index (χ4n) is 7.18. The minimum absolute atomic E-state index is 0.0185. The second kappa shape index (κ2) is 13.1. The Kier molecular flexibility index (Phi) is 9.03. The molecular weight excluding hydrogens is 566 g/mol. The highest BCUT2D eigenvalue weighted by Crippen LogP contribution is 2.41. The third-order valence-corrected chi connectivity index (χ3v) is 9.32. The summed E-state index contributed by atoms with van der Waals surface area (Å²) in [6, 6.07) is 11.4. The van der Waals surface area contributed by atoms with Crippen LogP contribution in [-0.2, 0) is 32.1 Å². The first-order valence-corrected chi connectivity index (χ1v) is 15.4. The Balaban J connectivity index is 1.23. The molecule has 1 saturated carbocycles. The Morgan fingerprint density at radius 3 is 2.73 bits per heavy atom. The van der Waals surface area contributed by atoms with E-state index in [1.807, 2.05) is 35.2 Å². The van der Waals surface area contributed by atoms with Crippen LogP contribution in [0.25, 0.3) is 0 Å². The average molecular weight is 608 g/mol. The standard InChI is InChI=1S/C32H41N5O7/c33-24-9-19(17-38)8-23-29(24)36-31(41)30(23)37(15-20-11-28(40)34-14-20)16-26(39)25(10-18-4-2-1-3-5-18)35-32(42)44-22-12-21-6-7-43-27(21)13-22/h1-5,8-9,20-22,25-27,30,38-39H,6-7,10-17,33H2,(H,34,40)(H,35,42)(H,36,41)/t20?,21?,22?,25?,26-,27-,30?/m1/s1. The minimum Gasteiger partial charge on any atom is -0.446 e. The van der Waals surface area contributed by atoms with Gasteiger partial charge in [0, 0.05) is 44.6 Å². The third-order valence-electron chi connectivity index (χ3n) is 9.32. The first kappa shape index (κ1) is 30.3. The van der Waals surface area contributed by atoms with Crippen LogP contribution in [-0.4, -0.2) is 83.6 Å². The molecule has 4 aliphatic rings. The summed E-state index contributed by atoms with van der Waals surface area (Å²) in [5.41, 5.74) is 9.13. The zero-order valence-electron chi connectivity index (χ0n) is 24.6. The summed E-state index contributed by atoms with van der Waals surface area (Å²) < 4.78 is 11.5. The maximum absolute atomic E-state index is 13.4. The Bertz CT molecular complexity index is 1360. The highest BCUT2D eigenvalue weighted by atomic mass is 16.6. The van der Waals surface area contributed by atoms with Gasteiger partial charge in [-0.3, -0.25) is 14.5 Å². The number of nitrogen functional groups attached to an aromatic ring is 1. The molecule has 2 aromatic rings. The van der Waals surface area contributed by atoms with Gasteiger partial charge in [0.25, 0.3) is 0 Å². The van der Waals surface area contributed by atoms with Gasteiger partial charge in [0.2, 0.25) is 11.8 Å². The summed E-state index contributed by atoms with van der Waals surface area (Å²) in [6.45, 7) is 1.31. The summed E-state index contributed by atoms with van der Waals surface area (Å²) in [7, 11) is 0. The number of hydrogen-bond donors (Lipinski definition) is 6. The maximum Gasteiger partial charge on any atom is 0.407 e. The molecule has 7 atom stereocenters. The molecule has 3 heterocycles. The summed E-state index contributed by atoms with van der Waals surface area (Å²) >= 11 is 0. The van der Waals surface area contributed by atoms with E-state index in [1.165, 1.54) is 0 Å². The number of carbonyl (C=O) groups excluding carboxylic acids is 3. The number of carbonyl (C=O) groups is 3. The molecule has 7 N–H and O–H groups in total. The van der Waals surface area contributed by atoms with E-state index in [-0.39, 0.29) is 43.1 Å². The number of anilines is 2. The van der Waals surface area contributed by atoms with Crippen molar-refractivity contribution < 1.29 is 34.1 Å². The highest BCUT2D eigenvalue weighted by molar-refractivity contribution is 6.05. The normalized spacial score (nSPS) is 27.0. The van der Waals surface area contributed by atoms with Crippen molar-refractivity contribution in [2.45, 2.75) is 69.1 Å². The lowest BCUT2D eigenvalue weighted by Crippen LogP contribution is -2.51. The number of rotatable bonds is 11. The van der Waals surface area contributed by atoms with Crippen molar-refractivity contribution in [1.82, 2.24) is 15.5 Å². The number of alkyl carbamates (subject to hydrolysis) is 1. The molecule has 0 aromatic heterocycles. The van der Waals surface area contributed by atoms with E-state index >= 15 is 0 Å². The molecule has 44 heavy (non-hydrogen) atoms. The number of benzene rings is 2. The van der Waals surface area contributed by atoms with Crippen molar-refractivity contribution in [2.75, 3.05) is 37.3 Å². The van der Waals surface area contributed by atoms with Gasteiger partial charge in [0.1, 0.15) is 12.1 Å². The van der Waals surface area contributed by atoms with Gasteiger partial charge in [-0.1, -0.05) is 30.3 Å². The van der Waals surface area contributed by atoms with Crippen molar-refractivity contribution in [3.8, 4) is 0 Å². The average Bonchev–Trinajstić information content (AvgIpc) is 3.77. The topological polar surface area (TPSA) is 175 Å². The molecule has 3 amide bonds. The van der Waals surface area contributed by atoms with Crippen LogP contribution in [0.4, 0.5) is 16.2 Å². The maximum atomic E-state index is 13.4. The van der Waals surface area contributed by atoms with Crippen LogP contribution in [0.5, 0.6) is 0 Å². The van der Waals surface area contributed by atoms with Crippen molar-refractivity contribution in [3.63, 3.8) is 0 Å². The van der Waals surface area contributed by atoms with E-state index in [1.54, 1.807) is 12.1 Å². The van der Waals surface area contributed by atoms with Gasteiger partial charge in [0.15, 0.2) is 0 Å². The van der Waals surface area contributed by atoms with Crippen molar-refractivity contribution in [3.05, 3.63) is 59.2 Å². The zero-order valence-corrected chi connectivity index (χ0v) is 24.6. The molecule has 3 fully saturated rings. The predicted octanol–water partition coefficient (Wildman–Crippen LogP) is 1.46. The second-order valence-electron chi connectivity index (χ2n) is 12.5. The highest BCUT2D eigenvalue weighted by Gasteiger charge is 2.42. The van der Waals surface area contributed by atoms with Gasteiger partial charge in [-0.2, -0.15) is 0 Å². The van der Waals surface area contributed by atoms with Crippen molar-refractivity contribution in [1.29, 1.82) is 0 Å². The van der Waals surface area contributed by atoms with Crippen LogP contribution in [0.3, 0.4) is 0 Å². The zero-order chi connectivity index (χ0) is 30.8. The number of hydrogen-bond acceptors (Lipinski definition) is 9. The third kappa shape index (κ3) is 6.68. The van der Waals surface area contributed by atoms with E-state index in [2.05, 4.69) is 16.0 Å². The van der Waals surface area contributed by atoms with Gasteiger partial charge in [-0.15, -0.1) is 0 Å². The summed E-state index contributed by atoms with van der Waals surface area (Å²) in [5, 5.41) is 30.2. The van der Waals surface area contributed by atoms with Crippen LogP contribution >= 0.6 is 0 Å². The van der Waals surface area contributed by atoms with Crippen LogP contribution in [0, 0.1) is 11.8 Å². The fraction of sp³-hybridized carbons (Fsp3) is 0.531. The summed E-state index contributed by atoms with van der Waals surface area (Å²) in [6.07, 6.45) is 1.23. The Morgan fingerprint density at radius 1 is 1.18 bits per heavy atom. The van der Waals surface area contributed by atoms with Crippen LogP contribution in [0.1, 0.15) is 48.4 Å². The molecule has 0 radical (unpaired) electrons. The molecular formula is C32H41N5O7. The van der Waals surface area contributed by atoms with Crippen molar-refractivity contribution in [2.24, 2.45) is 11.8 Å². The largest absolute Gasteiger partial charge is 0.446 e. The minimum atomic E-state index is -1.10. The van der Waals surface area contributed by atoms with E-state index < -0.39 is 24.3 Å². The second-order valence-corrected chi connectivity index (χ2v) is 12.5. The predicted molar refractivity (Wildman–Crippen MR) is 161 cm³/mol. The Labute approximate surface area is 256 Å². The first-order chi connectivity index (χ1) is 21.3. The number of nitrogens with two attached hydrogens (primary N) is 1. The molecule has 6 rings (SSSR count). The van der Waals surface area contributed by atoms with E-state index in [4.69, 9.17) is 15.2 Å². The molecule has 236 valence electrons. The van der Waals surface area contributed by atoms with Crippen LogP contribution in [0.15, 0.2) is 42.5 Å². The fourth-order valence-corrected chi connectivity index (χ4v) is 7.18. The van der Waals surface area contributed by atoms with Gasteiger partial charge in [-0.25, -0.2) is 4.79 Å². The molecule has 5 unspecified atom stereocenters. The van der Waals surface area contributed by atoms with Crippen LogP contribution in [0.2, 0.25) is 0 Å². The number of nitrogens with zero attached hydrogens (tertiary/aromatic N) is 1. The van der Waals surface area contributed by atoms with Crippen LogP contribution < -0.4 is 21.7 Å². The van der Waals surface area contributed by atoms with E-state index in [9.17, 15) is 24.6 Å². The molecule has 0 spiro atoms. The first-order valence-electron chi connectivity index (χ1n) is 15.4. The van der Waals surface area contributed by atoms with Gasteiger partial charge < -0.3 is 41.4 Å². The number of fused-ring (bicyclic) bond motifs is 2. The summed E-state index contributed by atoms with van der Waals surface area (Å²) in [5.74, 6) is -0.0528. The number of aliphatic hydroxyl groups excluding tert-OH is 2. The number of amides is 3. The smallest absolute Gasteiger partial charge is 0.407 e. The lowest BCUT2D eigenvalue weighted by molar-refractivity contribution is -0.121. The van der Waals surface area contributed by atoms with Gasteiger partial charge in [0.05, 0.1) is 36.2 Å². The van der Waals surface area contributed by atoms with Gasteiger partial charge in [-0.05, 0) is 54.4 Å². The Hall–Kier alpha value is -3.71. The molecule has 2 aromatic carbocycles. The lowest BCUT2D eigenvalue weighted by atomic mass is 9.97. The number of ether oxygens (including phenoxy) is 2. The Morgan fingerprint density at radius 2 is 2.00 bits per heavy atom. The number of aliphatic hydroxyl groups is 2. The SMILES string of the molecule is Nc1cc(CO)cc2c1NC(=O)C2N(CC1CNC(=O)C1)C[C@@H](O)C(Cc1ccccc1)NC(=O)OC1CC2CCO[C@@H]2C1. The quantitative estimate of drug-likeness (QED) is 0.207. The monoisotopic (exact) mass is 607 g/mol. The van der Waals surface area contributed by atoms with Gasteiger partial charge >= 0.3 is 6.09 Å². The molecule has 2 saturated heterocycles. The lowest BCUT2D eigenvalue weighted by Gasteiger charge is -2.34. The molecule has 1 aliphatic carbocycles. The summed E-state index contributed by atoms with van der Waals surface area (Å²) in [4.78, 5) is 40.5. The molecule has 12 nitrogen and oxygen atoms in total. The molecule has 3 aliphatic heterocycles. The van der Waals surface area contributed by atoms with E-state index in [0.717, 1.165) is 25.0 Å².